The van der Waals surface area contributed by atoms with Crippen molar-refractivity contribution >= 4 is 5.91 Å². The molecule has 0 radical (unpaired) electrons. The fourth-order valence-corrected chi connectivity index (χ4v) is 2.01. The van der Waals surface area contributed by atoms with Crippen molar-refractivity contribution in [2.75, 3.05) is 0 Å². The lowest BCUT2D eigenvalue weighted by Crippen LogP contribution is -2.32. The van der Waals surface area contributed by atoms with Gasteiger partial charge in [-0.3, -0.25) is 4.79 Å². The molecular weight excluding hydrogens is 210 g/mol. The summed E-state index contributed by atoms with van der Waals surface area (Å²) < 4.78 is 0. The van der Waals surface area contributed by atoms with Crippen molar-refractivity contribution in [2.45, 2.75) is 53.5 Å². The Balaban J connectivity index is 2.86. The summed E-state index contributed by atoms with van der Waals surface area (Å²) in [5.74, 6) is 0.0477. The van der Waals surface area contributed by atoms with E-state index in [2.05, 4.69) is 32.2 Å². The van der Waals surface area contributed by atoms with E-state index in [4.69, 9.17) is 0 Å². The van der Waals surface area contributed by atoms with Crippen molar-refractivity contribution in [3.8, 4) is 0 Å². The number of benzene rings is 1. The summed E-state index contributed by atoms with van der Waals surface area (Å²) in [6.45, 7) is 10.3. The molecule has 1 N–H and O–H groups in total. The molecule has 0 fully saturated rings. The molecule has 94 valence electrons. The molecule has 1 aromatic rings. The standard InChI is InChI=1S/C15H23NO/c1-6-7-13(5)16-15(17)14-9-11(3)10(2)8-12(14)4/h8-9,13H,6-7H2,1-5H3,(H,16,17)/t13-/m0/s1. The lowest BCUT2D eigenvalue weighted by Gasteiger charge is -2.15. The number of carbonyl (C=O) groups excluding carboxylic acids is 1. The predicted octanol–water partition coefficient (Wildman–Crippen LogP) is 3.53. The van der Waals surface area contributed by atoms with Crippen LogP contribution >= 0.6 is 0 Å². The highest BCUT2D eigenvalue weighted by Gasteiger charge is 2.12. The minimum absolute atomic E-state index is 0.0477. The summed E-state index contributed by atoms with van der Waals surface area (Å²) in [6, 6.07) is 4.31. The summed E-state index contributed by atoms with van der Waals surface area (Å²) in [7, 11) is 0. The molecule has 1 atom stereocenters. The zero-order valence-electron chi connectivity index (χ0n) is 11.6. The molecule has 0 aliphatic carbocycles. The molecule has 1 aromatic carbocycles. The molecule has 17 heavy (non-hydrogen) atoms. The summed E-state index contributed by atoms with van der Waals surface area (Å²) in [5.41, 5.74) is 4.26. The van der Waals surface area contributed by atoms with E-state index in [1.54, 1.807) is 0 Å². The van der Waals surface area contributed by atoms with Gasteiger partial charge in [0.1, 0.15) is 0 Å². The molecule has 0 aliphatic rings. The first-order valence-corrected chi connectivity index (χ1v) is 6.34. The fourth-order valence-electron chi connectivity index (χ4n) is 2.01. The molecule has 0 bridgehead atoms. The van der Waals surface area contributed by atoms with E-state index in [0.29, 0.717) is 0 Å². The van der Waals surface area contributed by atoms with Crippen LogP contribution in [0.15, 0.2) is 12.1 Å². The van der Waals surface area contributed by atoms with Gasteiger partial charge in [0.25, 0.3) is 5.91 Å². The van der Waals surface area contributed by atoms with E-state index in [1.165, 1.54) is 11.1 Å². The second-order valence-corrected chi connectivity index (χ2v) is 4.91. The van der Waals surface area contributed by atoms with Gasteiger partial charge in [0.15, 0.2) is 0 Å². The molecule has 0 aromatic heterocycles. The maximum atomic E-state index is 12.1. The normalized spacial score (nSPS) is 12.3. The van der Waals surface area contributed by atoms with Crippen LogP contribution in [0.5, 0.6) is 0 Å². The molecular formula is C15H23NO. The number of nitrogens with one attached hydrogen (secondary N) is 1. The van der Waals surface area contributed by atoms with Crippen molar-refractivity contribution in [1.82, 2.24) is 5.32 Å². The van der Waals surface area contributed by atoms with Crippen molar-refractivity contribution in [3.63, 3.8) is 0 Å². The van der Waals surface area contributed by atoms with Gasteiger partial charge in [-0.1, -0.05) is 19.4 Å². The molecule has 2 nitrogen and oxygen atoms in total. The molecule has 1 rings (SSSR count). The lowest BCUT2D eigenvalue weighted by atomic mass is 10.00. The predicted molar refractivity (Wildman–Crippen MR) is 72.5 cm³/mol. The Labute approximate surface area is 104 Å². The van der Waals surface area contributed by atoms with E-state index >= 15 is 0 Å². The molecule has 0 unspecified atom stereocenters. The molecule has 0 spiro atoms. The zero-order chi connectivity index (χ0) is 13.0. The van der Waals surface area contributed by atoms with Gasteiger partial charge in [-0.25, -0.2) is 0 Å². The Bertz CT molecular complexity index is 410. The van der Waals surface area contributed by atoms with Gasteiger partial charge in [0, 0.05) is 11.6 Å². The van der Waals surface area contributed by atoms with Crippen LogP contribution in [-0.2, 0) is 0 Å². The molecule has 0 saturated heterocycles. The minimum Gasteiger partial charge on any atom is -0.350 e. The Morgan fingerprint density at radius 1 is 1.18 bits per heavy atom. The molecule has 0 aliphatic heterocycles. The second-order valence-electron chi connectivity index (χ2n) is 4.91. The first-order chi connectivity index (χ1) is 7.95. The number of hydrogen-bond donors (Lipinski definition) is 1. The third-order valence-corrected chi connectivity index (χ3v) is 3.18. The lowest BCUT2D eigenvalue weighted by molar-refractivity contribution is 0.0937. The van der Waals surface area contributed by atoms with Gasteiger partial charge in [0.2, 0.25) is 0 Å². The SMILES string of the molecule is CCC[C@H](C)NC(=O)c1cc(C)c(C)cc1C. The van der Waals surface area contributed by atoms with Crippen LogP contribution in [0.4, 0.5) is 0 Å². The van der Waals surface area contributed by atoms with Crippen LogP contribution < -0.4 is 5.32 Å². The second kappa shape index (κ2) is 5.85. The topological polar surface area (TPSA) is 29.1 Å². The van der Waals surface area contributed by atoms with E-state index in [9.17, 15) is 4.79 Å². The van der Waals surface area contributed by atoms with E-state index in [1.807, 2.05) is 19.9 Å². The van der Waals surface area contributed by atoms with E-state index < -0.39 is 0 Å². The van der Waals surface area contributed by atoms with Crippen LogP contribution in [-0.4, -0.2) is 11.9 Å². The summed E-state index contributed by atoms with van der Waals surface area (Å²) in [6.07, 6.45) is 2.11. The van der Waals surface area contributed by atoms with Crippen LogP contribution in [0.25, 0.3) is 0 Å². The third-order valence-electron chi connectivity index (χ3n) is 3.18. The van der Waals surface area contributed by atoms with Gasteiger partial charge in [-0.05, 0) is 56.9 Å². The van der Waals surface area contributed by atoms with Gasteiger partial charge < -0.3 is 5.32 Å². The number of amides is 1. The smallest absolute Gasteiger partial charge is 0.251 e. The van der Waals surface area contributed by atoms with Crippen molar-refractivity contribution in [1.29, 1.82) is 0 Å². The fraction of sp³-hybridized carbons (Fsp3) is 0.533. The molecule has 0 saturated carbocycles. The summed E-state index contributed by atoms with van der Waals surface area (Å²) in [4.78, 5) is 12.1. The van der Waals surface area contributed by atoms with Crippen LogP contribution in [0, 0.1) is 20.8 Å². The Morgan fingerprint density at radius 3 is 2.35 bits per heavy atom. The average Bonchev–Trinajstić information content (AvgIpc) is 2.23. The Kier molecular flexibility index (Phi) is 4.73. The van der Waals surface area contributed by atoms with Crippen molar-refractivity contribution in [2.24, 2.45) is 0 Å². The molecule has 0 heterocycles. The molecule has 2 heteroatoms. The number of carbonyl (C=O) groups is 1. The highest BCUT2D eigenvalue weighted by atomic mass is 16.1. The first-order valence-electron chi connectivity index (χ1n) is 6.34. The van der Waals surface area contributed by atoms with Gasteiger partial charge in [-0.2, -0.15) is 0 Å². The van der Waals surface area contributed by atoms with Crippen molar-refractivity contribution < 1.29 is 4.79 Å². The zero-order valence-corrected chi connectivity index (χ0v) is 11.6. The van der Waals surface area contributed by atoms with E-state index in [-0.39, 0.29) is 11.9 Å². The van der Waals surface area contributed by atoms with Gasteiger partial charge in [0.05, 0.1) is 0 Å². The highest BCUT2D eigenvalue weighted by Crippen LogP contribution is 2.15. The maximum absolute atomic E-state index is 12.1. The van der Waals surface area contributed by atoms with Crippen LogP contribution in [0.2, 0.25) is 0 Å². The monoisotopic (exact) mass is 233 g/mol. The number of aryl methyl sites for hydroxylation is 3. The number of rotatable bonds is 4. The van der Waals surface area contributed by atoms with Gasteiger partial charge >= 0.3 is 0 Å². The average molecular weight is 233 g/mol. The Morgan fingerprint density at radius 2 is 1.76 bits per heavy atom. The minimum atomic E-state index is 0.0477. The maximum Gasteiger partial charge on any atom is 0.251 e. The largest absolute Gasteiger partial charge is 0.350 e. The summed E-state index contributed by atoms with van der Waals surface area (Å²) in [5, 5.41) is 3.05. The van der Waals surface area contributed by atoms with Crippen LogP contribution in [0.1, 0.15) is 53.7 Å². The van der Waals surface area contributed by atoms with Crippen LogP contribution in [0.3, 0.4) is 0 Å². The number of hydrogen-bond acceptors (Lipinski definition) is 1. The summed E-state index contributed by atoms with van der Waals surface area (Å²) >= 11 is 0. The quantitative estimate of drug-likeness (QED) is 0.847. The van der Waals surface area contributed by atoms with E-state index in [0.717, 1.165) is 24.0 Å². The van der Waals surface area contributed by atoms with Crippen molar-refractivity contribution in [3.05, 3.63) is 34.4 Å². The Hall–Kier alpha value is -1.31. The third kappa shape index (κ3) is 3.58. The van der Waals surface area contributed by atoms with Gasteiger partial charge in [-0.15, -0.1) is 0 Å². The molecule has 1 amide bonds. The highest BCUT2D eigenvalue weighted by molar-refractivity contribution is 5.96. The first kappa shape index (κ1) is 13.8.